The van der Waals surface area contributed by atoms with Crippen LogP contribution in [0, 0.1) is 11.8 Å². The van der Waals surface area contributed by atoms with E-state index < -0.39 is 0 Å². The minimum Gasteiger partial charge on any atom is -0.392 e. The van der Waals surface area contributed by atoms with Crippen LogP contribution in [0.4, 0.5) is 0 Å². The first-order valence-electron chi connectivity index (χ1n) is 6.00. The number of aliphatic hydroxyl groups is 1. The van der Waals surface area contributed by atoms with E-state index in [-0.39, 0.29) is 12.0 Å². The average Bonchev–Trinajstić information content (AvgIpc) is 2.65. The van der Waals surface area contributed by atoms with E-state index in [9.17, 15) is 9.90 Å². The van der Waals surface area contributed by atoms with E-state index in [1.54, 1.807) is 0 Å². The number of Topliss-reactive ketones (excluding diaryl/α,β-unsaturated/α-hetero) is 1. The lowest BCUT2D eigenvalue weighted by Gasteiger charge is -2.29. The van der Waals surface area contributed by atoms with Crippen LogP contribution >= 0.6 is 0 Å². The molecule has 0 aromatic heterocycles. The molecule has 1 N–H and O–H groups in total. The fourth-order valence-corrected chi connectivity index (χ4v) is 3.01. The molecule has 0 aromatic rings. The Morgan fingerprint density at radius 2 is 1.79 bits per heavy atom. The van der Waals surface area contributed by atoms with Crippen molar-refractivity contribution < 1.29 is 9.90 Å². The van der Waals surface area contributed by atoms with Crippen LogP contribution in [0.2, 0.25) is 0 Å². The third kappa shape index (κ3) is 2.00. The molecule has 2 nitrogen and oxygen atoms in total. The third-order valence-electron chi connectivity index (χ3n) is 3.90. The SMILES string of the molecule is O=C1CCCC1C(O)C1CCCCC1. The molecule has 2 aliphatic rings. The quantitative estimate of drug-likeness (QED) is 0.735. The Labute approximate surface area is 85.7 Å². The fourth-order valence-electron chi connectivity index (χ4n) is 3.01. The van der Waals surface area contributed by atoms with Gasteiger partial charge in [0, 0.05) is 12.3 Å². The molecule has 0 aromatic carbocycles. The van der Waals surface area contributed by atoms with Crippen LogP contribution in [0.3, 0.4) is 0 Å². The lowest BCUT2D eigenvalue weighted by atomic mass is 9.79. The van der Waals surface area contributed by atoms with E-state index in [0.717, 1.165) is 25.7 Å². The van der Waals surface area contributed by atoms with Crippen LogP contribution in [0.25, 0.3) is 0 Å². The summed E-state index contributed by atoms with van der Waals surface area (Å²) in [5.41, 5.74) is 0. The molecule has 0 heterocycles. The topological polar surface area (TPSA) is 37.3 Å². The number of ketones is 1. The van der Waals surface area contributed by atoms with Crippen LogP contribution in [0.1, 0.15) is 51.4 Å². The summed E-state index contributed by atoms with van der Waals surface area (Å²) >= 11 is 0. The Morgan fingerprint density at radius 1 is 1.07 bits per heavy atom. The molecule has 0 radical (unpaired) electrons. The Morgan fingerprint density at radius 3 is 2.36 bits per heavy atom. The summed E-state index contributed by atoms with van der Waals surface area (Å²) in [5.74, 6) is 0.706. The van der Waals surface area contributed by atoms with E-state index in [0.29, 0.717) is 18.1 Å². The summed E-state index contributed by atoms with van der Waals surface area (Å²) in [6.07, 6.45) is 8.34. The maximum absolute atomic E-state index is 11.5. The van der Waals surface area contributed by atoms with Crippen LogP contribution in [-0.2, 0) is 4.79 Å². The molecule has 2 aliphatic carbocycles. The summed E-state index contributed by atoms with van der Waals surface area (Å²) < 4.78 is 0. The molecule has 2 saturated carbocycles. The number of carbonyl (C=O) groups excluding carboxylic acids is 1. The van der Waals surface area contributed by atoms with E-state index in [4.69, 9.17) is 0 Å². The standard InChI is InChI=1S/C12H20O2/c13-11-8-4-7-10(11)12(14)9-5-2-1-3-6-9/h9-10,12,14H,1-8H2. The van der Waals surface area contributed by atoms with Gasteiger partial charge in [0.1, 0.15) is 5.78 Å². The van der Waals surface area contributed by atoms with Crippen molar-refractivity contribution in [1.82, 2.24) is 0 Å². The van der Waals surface area contributed by atoms with Crippen LogP contribution in [0.15, 0.2) is 0 Å². The van der Waals surface area contributed by atoms with Gasteiger partial charge in [0.05, 0.1) is 6.10 Å². The number of aliphatic hydroxyl groups excluding tert-OH is 1. The molecule has 2 atom stereocenters. The minimum atomic E-state index is -0.328. The molecule has 2 unspecified atom stereocenters. The van der Waals surface area contributed by atoms with Crippen molar-refractivity contribution in [3.8, 4) is 0 Å². The van der Waals surface area contributed by atoms with Gasteiger partial charge >= 0.3 is 0 Å². The van der Waals surface area contributed by atoms with E-state index in [2.05, 4.69) is 0 Å². The molecule has 2 heteroatoms. The molecule has 2 fully saturated rings. The molecule has 80 valence electrons. The molecule has 14 heavy (non-hydrogen) atoms. The van der Waals surface area contributed by atoms with Crippen molar-refractivity contribution in [2.24, 2.45) is 11.8 Å². The molecule has 0 saturated heterocycles. The lowest BCUT2D eigenvalue weighted by molar-refractivity contribution is -0.125. The smallest absolute Gasteiger partial charge is 0.138 e. The van der Waals surface area contributed by atoms with Gasteiger partial charge < -0.3 is 5.11 Å². The normalized spacial score (nSPS) is 32.1. The number of hydrogen-bond acceptors (Lipinski definition) is 2. The Kier molecular flexibility index (Phi) is 3.22. The summed E-state index contributed by atoms with van der Waals surface area (Å²) in [4.78, 5) is 11.5. The van der Waals surface area contributed by atoms with Crippen molar-refractivity contribution in [3.05, 3.63) is 0 Å². The van der Waals surface area contributed by atoms with Crippen molar-refractivity contribution in [2.45, 2.75) is 57.5 Å². The zero-order valence-corrected chi connectivity index (χ0v) is 8.74. The van der Waals surface area contributed by atoms with Gasteiger partial charge in [-0.1, -0.05) is 19.3 Å². The molecule has 0 aliphatic heterocycles. The van der Waals surface area contributed by atoms with Gasteiger partial charge in [-0.3, -0.25) is 4.79 Å². The number of rotatable bonds is 2. The van der Waals surface area contributed by atoms with Gasteiger partial charge in [0.25, 0.3) is 0 Å². The number of hydrogen-bond donors (Lipinski definition) is 1. The highest BCUT2D eigenvalue weighted by molar-refractivity contribution is 5.83. The predicted octanol–water partition coefficient (Wildman–Crippen LogP) is 2.30. The Hall–Kier alpha value is -0.370. The van der Waals surface area contributed by atoms with Crippen LogP contribution in [-0.4, -0.2) is 17.0 Å². The largest absolute Gasteiger partial charge is 0.392 e. The highest BCUT2D eigenvalue weighted by Gasteiger charge is 2.35. The monoisotopic (exact) mass is 196 g/mol. The maximum Gasteiger partial charge on any atom is 0.138 e. The highest BCUT2D eigenvalue weighted by Crippen LogP contribution is 2.34. The van der Waals surface area contributed by atoms with Gasteiger partial charge in [0.2, 0.25) is 0 Å². The molecule has 0 bridgehead atoms. The first-order valence-corrected chi connectivity index (χ1v) is 6.00. The lowest BCUT2D eigenvalue weighted by Crippen LogP contribution is -2.32. The summed E-state index contributed by atoms with van der Waals surface area (Å²) in [6.45, 7) is 0. The zero-order chi connectivity index (χ0) is 9.97. The van der Waals surface area contributed by atoms with Gasteiger partial charge in [-0.05, 0) is 31.6 Å². The fraction of sp³-hybridized carbons (Fsp3) is 0.917. The van der Waals surface area contributed by atoms with Gasteiger partial charge in [0.15, 0.2) is 0 Å². The molecular weight excluding hydrogens is 176 g/mol. The second kappa shape index (κ2) is 4.43. The summed E-state index contributed by atoms with van der Waals surface area (Å²) in [6, 6.07) is 0. The molecule has 0 amide bonds. The molecule has 0 spiro atoms. The van der Waals surface area contributed by atoms with Crippen LogP contribution < -0.4 is 0 Å². The molecule has 2 rings (SSSR count). The second-order valence-corrected chi connectivity index (χ2v) is 4.85. The van der Waals surface area contributed by atoms with E-state index in [1.165, 1.54) is 19.3 Å². The second-order valence-electron chi connectivity index (χ2n) is 4.85. The van der Waals surface area contributed by atoms with Crippen LogP contribution in [0.5, 0.6) is 0 Å². The highest BCUT2D eigenvalue weighted by atomic mass is 16.3. The van der Waals surface area contributed by atoms with E-state index >= 15 is 0 Å². The van der Waals surface area contributed by atoms with Gasteiger partial charge in [-0.25, -0.2) is 0 Å². The summed E-state index contributed by atoms with van der Waals surface area (Å²) in [7, 11) is 0. The van der Waals surface area contributed by atoms with Crippen molar-refractivity contribution >= 4 is 5.78 Å². The first kappa shape index (κ1) is 10.2. The van der Waals surface area contributed by atoms with E-state index in [1.807, 2.05) is 0 Å². The van der Waals surface area contributed by atoms with Crippen molar-refractivity contribution in [3.63, 3.8) is 0 Å². The summed E-state index contributed by atoms with van der Waals surface area (Å²) in [5, 5.41) is 10.1. The van der Waals surface area contributed by atoms with Crippen molar-refractivity contribution in [2.75, 3.05) is 0 Å². The Bertz CT molecular complexity index is 206. The minimum absolute atomic E-state index is 0.0156. The number of carbonyl (C=O) groups is 1. The average molecular weight is 196 g/mol. The van der Waals surface area contributed by atoms with Gasteiger partial charge in [-0.15, -0.1) is 0 Å². The van der Waals surface area contributed by atoms with Gasteiger partial charge in [-0.2, -0.15) is 0 Å². The third-order valence-corrected chi connectivity index (χ3v) is 3.90. The predicted molar refractivity (Wildman–Crippen MR) is 54.9 cm³/mol. The van der Waals surface area contributed by atoms with Crippen molar-refractivity contribution in [1.29, 1.82) is 0 Å². The Balaban J connectivity index is 1.92. The zero-order valence-electron chi connectivity index (χ0n) is 8.74. The maximum atomic E-state index is 11.5. The first-order chi connectivity index (χ1) is 6.79. The molecular formula is C12H20O2.